The quantitative estimate of drug-likeness (QED) is 0.645. The predicted molar refractivity (Wildman–Crippen MR) is 116 cm³/mol. The zero-order valence-electron chi connectivity index (χ0n) is 16.2. The minimum Gasteiger partial charge on any atom is -0.493 e. The summed E-state index contributed by atoms with van der Waals surface area (Å²) in [6.07, 6.45) is 3.22. The van der Waals surface area contributed by atoms with Gasteiger partial charge in [-0.2, -0.15) is 0 Å². The smallest absolute Gasteiger partial charge is 0.191 e. The van der Waals surface area contributed by atoms with Crippen molar-refractivity contribution in [2.24, 2.45) is 0 Å². The molecule has 0 amide bonds. The van der Waals surface area contributed by atoms with Crippen molar-refractivity contribution in [1.29, 1.82) is 0 Å². The number of thioether (sulfide) groups is 1. The lowest BCUT2D eigenvalue weighted by Crippen LogP contribution is -2.06. The van der Waals surface area contributed by atoms with Gasteiger partial charge in [0.1, 0.15) is 5.75 Å². The van der Waals surface area contributed by atoms with E-state index in [2.05, 4.69) is 39.0 Å². The largest absolute Gasteiger partial charge is 0.493 e. The van der Waals surface area contributed by atoms with Crippen LogP contribution in [0, 0.1) is 6.92 Å². The summed E-state index contributed by atoms with van der Waals surface area (Å²) in [4.78, 5) is 0. The lowest BCUT2D eigenvalue weighted by atomic mass is 10.0. The Bertz CT molecular complexity index is 1030. The van der Waals surface area contributed by atoms with Crippen LogP contribution in [0.4, 0.5) is 5.69 Å². The summed E-state index contributed by atoms with van der Waals surface area (Å²) in [5.41, 5.74) is 11.5. The van der Waals surface area contributed by atoms with Gasteiger partial charge in [0.05, 0.1) is 12.2 Å². The predicted octanol–water partition coefficient (Wildman–Crippen LogP) is 4.81. The monoisotopic (exact) mass is 392 g/mol. The van der Waals surface area contributed by atoms with Gasteiger partial charge in [0.25, 0.3) is 0 Å². The molecule has 0 saturated carbocycles. The molecule has 0 saturated heterocycles. The van der Waals surface area contributed by atoms with E-state index in [4.69, 9.17) is 10.5 Å². The molecule has 2 heterocycles. The van der Waals surface area contributed by atoms with Gasteiger partial charge in [0.15, 0.2) is 11.0 Å². The first-order chi connectivity index (χ1) is 13.7. The maximum atomic E-state index is 6.11. The summed E-state index contributed by atoms with van der Waals surface area (Å²) < 4.78 is 7.99. The van der Waals surface area contributed by atoms with E-state index in [1.54, 1.807) is 11.8 Å². The van der Waals surface area contributed by atoms with Crippen LogP contribution in [0.3, 0.4) is 0 Å². The number of anilines is 1. The highest BCUT2D eigenvalue weighted by Gasteiger charge is 2.19. The van der Waals surface area contributed by atoms with Crippen molar-refractivity contribution in [2.75, 3.05) is 18.1 Å². The summed E-state index contributed by atoms with van der Waals surface area (Å²) in [5, 5.41) is 9.89. The lowest BCUT2D eigenvalue weighted by Gasteiger charge is -2.16. The fourth-order valence-electron chi connectivity index (χ4n) is 3.34. The molecule has 0 fully saturated rings. The van der Waals surface area contributed by atoms with Crippen molar-refractivity contribution in [2.45, 2.75) is 32.0 Å². The summed E-state index contributed by atoms with van der Waals surface area (Å²) in [6, 6.07) is 14.3. The van der Waals surface area contributed by atoms with Gasteiger partial charge in [-0.1, -0.05) is 42.1 Å². The highest BCUT2D eigenvalue weighted by molar-refractivity contribution is 7.99. The van der Waals surface area contributed by atoms with Crippen LogP contribution in [0.5, 0.6) is 5.75 Å². The summed E-state index contributed by atoms with van der Waals surface area (Å²) >= 11 is 1.71. The molecule has 0 atom stereocenters. The molecule has 3 aromatic rings. The Kier molecular flexibility index (Phi) is 5.39. The molecule has 6 heteroatoms. The number of nitrogens with zero attached hydrogens (tertiary/aromatic N) is 3. The third-order valence-corrected chi connectivity index (χ3v) is 5.91. The number of benzene rings is 2. The third kappa shape index (κ3) is 3.64. The van der Waals surface area contributed by atoms with Crippen LogP contribution in [0.15, 0.2) is 53.7 Å². The van der Waals surface area contributed by atoms with E-state index in [1.165, 1.54) is 11.1 Å². The maximum absolute atomic E-state index is 6.11. The van der Waals surface area contributed by atoms with Crippen molar-refractivity contribution in [3.63, 3.8) is 0 Å². The van der Waals surface area contributed by atoms with E-state index in [1.807, 2.05) is 38.1 Å². The van der Waals surface area contributed by atoms with Gasteiger partial charge < -0.3 is 15.0 Å². The Labute approximate surface area is 169 Å². The van der Waals surface area contributed by atoms with Gasteiger partial charge >= 0.3 is 0 Å². The molecule has 1 aromatic heterocycles. The number of nitrogen functional groups attached to an aromatic ring is 1. The Balaban J connectivity index is 1.62. The molecule has 2 N–H and O–H groups in total. The second kappa shape index (κ2) is 8.10. The van der Waals surface area contributed by atoms with Crippen LogP contribution in [-0.2, 0) is 6.54 Å². The van der Waals surface area contributed by atoms with E-state index in [0.29, 0.717) is 6.61 Å². The number of rotatable bonds is 4. The molecule has 1 aliphatic heterocycles. The van der Waals surface area contributed by atoms with Crippen molar-refractivity contribution >= 4 is 23.0 Å². The summed E-state index contributed by atoms with van der Waals surface area (Å²) in [7, 11) is 0. The van der Waals surface area contributed by atoms with E-state index in [0.717, 1.165) is 52.3 Å². The first-order valence-corrected chi connectivity index (χ1v) is 10.5. The van der Waals surface area contributed by atoms with Crippen LogP contribution in [0.2, 0.25) is 0 Å². The molecule has 1 aliphatic rings. The van der Waals surface area contributed by atoms with Crippen LogP contribution in [0.1, 0.15) is 24.5 Å². The number of aromatic nitrogens is 3. The van der Waals surface area contributed by atoms with Crippen LogP contribution < -0.4 is 10.5 Å². The zero-order valence-corrected chi connectivity index (χ0v) is 17.0. The Morgan fingerprint density at radius 3 is 2.86 bits per heavy atom. The van der Waals surface area contributed by atoms with Gasteiger partial charge in [0, 0.05) is 18.0 Å². The number of fused-ring (bicyclic) bond motifs is 1. The average molecular weight is 393 g/mol. The number of nitrogens with two attached hydrogens (primary N) is 1. The molecule has 0 unspecified atom stereocenters. The highest BCUT2D eigenvalue weighted by atomic mass is 32.2. The van der Waals surface area contributed by atoms with Gasteiger partial charge in [0.2, 0.25) is 0 Å². The third-order valence-electron chi connectivity index (χ3n) is 4.89. The maximum Gasteiger partial charge on any atom is 0.191 e. The molecule has 28 heavy (non-hydrogen) atoms. The topological polar surface area (TPSA) is 66.0 Å². The lowest BCUT2D eigenvalue weighted by molar-refractivity contribution is 0.341. The van der Waals surface area contributed by atoms with Crippen molar-refractivity contribution < 1.29 is 4.74 Å². The highest BCUT2D eigenvalue weighted by Crippen LogP contribution is 2.34. The molecule has 0 aliphatic carbocycles. The number of ether oxygens (including phenoxy) is 1. The van der Waals surface area contributed by atoms with Gasteiger partial charge in [-0.3, -0.25) is 0 Å². The molecule has 0 spiro atoms. The molecule has 2 aromatic carbocycles. The molecule has 0 bridgehead atoms. The zero-order chi connectivity index (χ0) is 19.5. The number of allylic oxidation sites excluding steroid dienone is 1. The molecule has 0 radical (unpaired) electrons. The first kappa shape index (κ1) is 18.6. The molecule has 144 valence electrons. The first-order valence-electron chi connectivity index (χ1n) is 9.51. The van der Waals surface area contributed by atoms with Crippen LogP contribution in [-0.4, -0.2) is 27.1 Å². The van der Waals surface area contributed by atoms with Gasteiger partial charge in [-0.15, -0.1) is 10.2 Å². The van der Waals surface area contributed by atoms with Crippen molar-refractivity contribution in [3.05, 3.63) is 59.7 Å². The molecule has 5 nitrogen and oxygen atoms in total. The van der Waals surface area contributed by atoms with Crippen LogP contribution in [0.25, 0.3) is 17.0 Å². The molecular formula is C22H24N4OS. The van der Waals surface area contributed by atoms with E-state index < -0.39 is 0 Å². The Morgan fingerprint density at radius 2 is 2.04 bits per heavy atom. The summed E-state index contributed by atoms with van der Waals surface area (Å²) in [5.74, 6) is 2.55. The Morgan fingerprint density at radius 1 is 1.18 bits per heavy atom. The Hall–Kier alpha value is -2.73. The van der Waals surface area contributed by atoms with E-state index in [-0.39, 0.29) is 0 Å². The number of hydrogen-bond donors (Lipinski definition) is 1. The van der Waals surface area contributed by atoms with Gasteiger partial charge in [-0.25, -0.2) is 0 Å². The SMILES string of the molecule is CCOc1ccccc1-c1nnc2n1CC/C=C(\c1ccc(C)c(N)c1)CS2. The van der Waals surface area contributed by atoms with E-state index >= 15 is 0 Å². The number of aryl methyl sites for hydroxylation is 1. The fraction of sp³-hybridized carbons (Fsp3) is 0.273. The summed E-state index contributed by atoms with van der Waals surface area (Å²) in [6.45, 7) is 5.48. The minimum absolute atomic E-state index is 0.624. The standard InChI is InChI=1S/C22H24N4OS/c1-3-27-20-9-5-4-8-18(20)21-24-25-22-26(21)12-6-7-17(14-28-22)16-11-10-15(2)19(23)13-16/h4-5,7-11,13H,3,6,12,14,23H2,1-2H3/b17-7-. The second-order valence-corrected chi connectivity index (χ2v) is 7.71. The minimum atomic E-state index is 0.624. The van der Waals surface area contributed by atoms with Gasteiger partial charge in [-0.05, 0) is 55.2 Å². The number of para-hydroxylation sites is 1. The van der Waals surface area contributed by atoms with Crippen molar-refractivity contribution in [1.82, 2.24) is 14.8 Å². The number of hydrogen-bond acceptors (Lipinski definition) is 5. The molecule has 4 rings (SSSR count). The van der Waals surface area contributed by atoms with Crippen LogP contribution >= 0.6 is 11.8 Å². The van der Waals surface area contributed by atoms with E-state index in [9.17, 15) is 0 Å². The normalized spacial score (nSPS) is 15.9. The molecular weight excluding hydrogens is 368 g/mol. The van der Waals surface area contributed by atoms with Crippen molar-refractivity contribution in [3.8, 4) is 17.1 Å². The average Bonchev–Trinajstić information content (AvgIpc) is 3.06. The fourth-order valence-corrected chi connectivity index (χ4v) is 4.34. The second-order valence-electron chi connectivity index (χ2n) is 6.77.